The van der Waals surface area contributed by atoms with E-state index in [-0.39, 0.29) is 0 Å². The van der Waals surface area contributed by atoms with Gasteiger partial charge in [-0.2, -0.15) is 0 Å². The van der Waals surface area contributed by atoms with Crippen molar-refractivity contribution in [1.29, 1.82) is 0 Å². The SMILES string of the molecule is CC(NCc1ccc(Cl)c(Br)c1)C1CC2CCC1C2. The molecule has 0 amide bonds. The van der Waals surface area contributed by atoms with Gasteiger partial charge < -0.3 is 5.32 Å². The van der Waals surface area contributed by atoms with Gasteiger partial charge in [0.2, 0.25) is 0 Å². The molecule has 4 unspecified atom stereocenters. The molecule has 0 aromatic heterocycles. The summed E-state index contributed by atoms with van der Waals surface area (Å²) in [6, 6.07) is 6.81. The number of fused-ring (bicyclic) bond motifs is 2. The fraction of sp³-hybridized carbons (Fsp3) is 0.625. The molecular formula is C16H21BrClN. The quantitative estimate of drug-likeness (QED) is 0.810. The first-order chi connectivity index (χ1) is 9.13. The third-order valence-corrected chi connectivity index (χ3v) is 6.26. The van der Waals surface area contributed by atoms with E-state index in [9.17, 15) is 0 Å². The van der Waals surface area contributed by atoms with Gasteiger partial charge in [0.15, 0.2) is 0 Å². The molecule has 2 saturated carbocycles. The van der Waals surface area contributed by atoms with Gasteiger partial charge in [0.05, 0.1) is 5.02 Å². The first-order valence-corrected chi connectivity index (χ1v) is 8.48. The summed E-state index contributed by atoms with van der Waals surface area (Å²) in [7, 11) is 0. The van der Waals surface area contributed by atoms with Crippen molar-refractivity contribution in [3.8, 4) is 0 Å². The van der Waals surface area contributed by atoms with Crippen LogP contribution in [0.15, 0.2) is 22.7 Å². The average molecular weight is 343 g/mol. The molecule has 4 atom stereocenters. The average Bonchev–Trinajstić information content (AvgIpc) is 3.02. The van der Waals surface area contributed by atoms with Crippen LogP contribution in [0.5, 0.6) is 0 Å². The topological polar surface area (TPSA) is 12.0 Å². The molecule has 1 aromatic rings. The Hall–Kier alpha value is -0.0500. The molecule has 2 aliphatic carbocycles. The Kier molecular flexibility index (Phi) is 4.21. The van der Waals surface area contributed by atoms with Crippen LogP contribution < -0.4 is 5.32 Å². The number of benzene rings is 1. The smallest absolute Gasteiger partial charge is 0.0548 e. The van der Waals surface area contributed by atoms with E-state index in [4.69, 9.17) is 11.6 Å². The predicted molar refractivity (Wildman–Crippen MR) is 84.4 cm³/mol. The highest BCUT2D eigenvalue weighted by Gasteiger charge is 2.41. The maximum absolute atomic E-state index is 6.02. The lowest BCUT2D eigenvalue weighted by atomic mass is 9.84. The van der Waals surface area contributed by atoms with Crippen molar-refractivity contribution in [2.75, 3.05) is 0 Å². The molecular weight excluding hydrogens is 322 g/mol. The third-order valence-electron chi connectivity index (χ3n) is 5.05. The molecule has 104 valence electrons. The minimum absolute atomic E-state index is 0.629. The predicted octanol–water partition coefficient (Wildman–Crippen LogP) is 5.02. The highest BCUT2D eigenvalue weighted by molar-refractivity contribution is 9.10. The number of hydrogen-bond donors (Lipinski definition) is 1. The van der Waals surface area contributed by atoms with E-state index in [0.29, 0.717) is 6.04 Å². The van der Waals surface area contributed by atoms with Crippen molar-refractivity contribution < 1.29 is 0 Å². The van der Waals surface area contributed by atoms with Crippen LogP contribution >= 0.6 is 27.5 Å². The van der Waals surface area contributed by atoms with Crippen LogP contribution in [0.4, 0.5) is 0 Å². The Morgan fingerprint density at radius 3 is 2.84 bits per heavy atom. The van der Waals surface area contributed by atoms with Gasteiger partial charge in [-0.15, -0.1) is 0 Å². The second-order valence-electron chi connectivity index (χ2n) is 6.26. The standard InChI is InChI=1S/C16H21BrClN/c1-10(14-7-11-2-4-13(14)6-11)19-9-12-3-5-16(18)15(17)8-12/h3,5,8,10-11,13-14,19H,2,4,6-7,9H2,1H3. The van der Waals surface area contributed by atoms with Crippen molar-refractivity contribution in [1.82, 2.24) is 5.32 Å². The molecule has 3 rings (SSSR count). The zero-order valence-corrected chi connectivity index (χ0v) is 13.7. The van der Waals surface area contributed by atoms with Gasteiger partial charge in [-0.3, -0.25) is 0 Å². The Balaban J connectivity index is 1.55. The number of halogens is 2. The van der Waals surface area contributed by atoms with Crippen LogP contribution in [0.3, 0.4) is 0 Å². The summed E-state index contributed by atoms with van der Waals surface area (Å²) in [4.78, 5) is 0. The molecule has 1 nitrogen and oxygen atoms in total. The van der Waals surface area contributed by atoms with Crippen LogP contribution in [-0.2, 0) is 6.54 Å². The van der Waals surface area contributed by atoms with Crippen molar-refractivity contribution in [2.24, 2.45) is 17.8 Å². The molecule has 19 heavy (non-hydrogen) atoms. The largest absolute Gasteiger partial charge is 0.310 e. The van der Waals surface area contributed by atoms with E-state index in [2.05, 4.69) is 40.3 Å². The summed E-state index contributed by atoms with van der Waals surface area (Å²) in [5.74, 6) is 2.92. The molecule has 0 saturated heterocycles. The summed E-state index contributed by atoms with van der Waals surface area (Å²) < 4.78 is 0.987. The van der Waals surface area contributed by atoms with E-state index in [1.807, 2.05) is 6.07 Å². The lowest BCUT2D eigenvalue weighted by Gasteiger charge is -2.28. The lowest BCUT2D eigenvalue weighted by molar-refractivity contribution is 0.259. The molecule has 1 aromatic carbocycles. The summed E-state index contributed by atoms with van der Waals surface area (Å²) in [6.07, 6.45) is 5.89. The van der Waals surface area contributed by atoms with Gasteiger partial charge in [0, 0.05) is 17.1 Å². The molecule has 0 aliphatic heterocycles. The lowest BCUT2D eigenvalue weighted by Crippen LogP contribution is -2.35. The molecule has 0 heterocycles. The van der Waals surface area contributed by atoms with Crippen LogP contribution in [0, 0.1) is 17.8 Å². The van der Waals surface area contributed by atoms with Crippen LogP contribution in [0.2, 0.25) is 5.02 Å². The van der Waals surface area contributed by atoms with Gasteiger partial charge >= 0.3 is 0 Å². The fourth-order valence-electron chi connectivity index (χ4n) is 3.99. The van der Waals surface area contributed by atoms with Crippen LogP contribution in [0.25, 0.3) is 0 Å². The molecule has 0 spiro atoms. The van der Waals surface area contributed by atoms with E-state index >= 15 is 0 Å². The number of rotatable bonds is 4. The number of hydrogen-bond acceptors (Lipinski definition) is 1. The van der Waals surface area contributed by atoms with Crippen molar-refractivity contribution in [3.63, 3.8) is 0 Å². The van der Waals surface area contributed by atoms with E-state index in [1.165, 1.54) is 31.2 Å². The molecule has 0 radical (unpaired) electrons. The third kappa shape index (κ3) is 3.01. The summed E-state index contributed by atoms with van der Waals surface area (Å²) in [5.41, 5.74) is 1.30. The second kappa shape index (κ2) is 5.75. The number of nitrogens with one attached hydrogen (secondary N) is 1. The van der Waals surface area contributed by atoms with Crippen LogP contribution in [-0.4, -0.2) is 6.04 Å². The van der Waals surface area contributed by atoms with E-state index in [1.54, 1.807) is 0 Å². The van der Waals surface area contributed by atoms with Gasteiger partial charge in [-0.25, -0.2) is 0 Å². The Morgan fingerprint density at radius 1 is 1.37 bits per heavy atom. The zero-order valence-electron chi connectivity index (χ0n) is 11.3. The summed E-state index contributed by atoms with van der Waals surface area (Å²) in [5, 5.41) is 4.49. The maximum atomic E-state index is 6.02. The Labute approximate surface area is 129 Å². The zero-order chi connectivity index (χ0) is 13.4. The van der Waals surface area contributed by atoms with E-state index < -0.39 is 0 Å². The van der Waals surface area contributed by atoms with Crippen molar-refractivity contribution in [2.45, 2.75) is 45.2 Å². The molecule has 2 bridgehead atoms. The maximum Gasteiger partial charge on any atom is 0.0548 e. The molecule has 1 N–H and O–H groups in total. The molecule has 2 aliphatic rings. The fourth-order valence-corrected chi connectivity index (χ4v) is 4.53. The first-order valence-electron chi connectivity index (χ1n) is 7.31. The van der Waals surface area contributed by atoms with Gasteiger partial charge in [-0.05, 0) is 77.6 Å². The van der Waals surface area contributed by atoms with Gasteiger partial charge in [-0.1, -0.05) is 24.1 Å². The van der Waals surface area contributed by atoms with Crippen molar-refractivity contribution in [3.05, 3.63) is 33.3 Å². The Bertz CT molecular complexity index is 462. The minimum atomic E-state index is 0.629. The monoisotopic (exact) mass is 341 g/mol. The van der Waals surface area contributed by atoms with Gasteiger partial charge in [0.25, 0.3) is 0 Å². The summed E-state index contributed by atoms with van der Waals surface area (Å²) in [6.45, 7) is 3.29. The van der Waals surface area contributed by atoms with Crippen LogP contribution in [0.1, 0.15) is 38.2 Å². The van der Waals surface area contributed by atoms with Gasteiger partial charge in [0.1, 0.15) is 0 Å². The minimum Gasteiger partial charge on any atom is -0.310 e. The first kappa shape index (κ1) is 13.9. The van der Waals surface area contributed by atoms with Crippen molar-refractivity contribution >= 4 is 27.5 Å². The molecule has 3 heteroatoms. The normalized spacial score (nSPS) is 30.8. The highest BCUT2D eigenvalue weighted by atomic mass is 79.9. The highest BCUT2D eigenvalue weighted by Crippen LogP contribution is 2.49. The Morgan fingerprint density at radius 2 is 2.21 bits per heavy atom. The summed E-state index contributed by atoms with van der Waals surface area (Å²) >= 11 is 9.51. The molecule has 2 fully saturated rings. The van der Waals surface area contributed by atoms with E-state index in [0.717, 1.165) is 33.8 Å². The second-order valence-corrected chi connectivity index (χ2v) is 7.52.